The first-order valence-electron chi connectivity index (χ1n) is 9.32. The van der Waals surface area contributed by atoms with Gasteiger partial charge in [0.05, 0.1) is 0 Å². The first kappa shape index (κ1) is 20.9. The first-order valence-corrected chi connectivity index (χ1v) is 12.9. The quantitative estimate of drug-likeness (QED) is 0.461. The molecular formula is C20H42P2. The lowest BCUT2D eigenvalue weighted by Crippen LogP contribution is -2.33. The SMILES string of the molecule is CC(C)[C@@H]1CC[C@@H](C)C[C@H]1P(C)CP(C(C)(C)C)C(C)(C)C. The maximum atomic E-state index is 2.64. The molecule has 0 spiro atoms. The van der Waals surface area contributed by atoms with Gasteiger partial charge < -0.3 is 0 Å². The molecule has 1 aliphatic rings. The van der Waals surface area contributed by atoms with Gasteiger partial charge in [0.15, 0.2) is 0 Å². The van der Waals surface area contributed by atoms with Crippen molar-refractivity contribution in [1.82, 2.24) is 0 Å². The Hall–Kier alpha value is 0.860. The monoisotopic (exact) mass is 344 g/mol. The number of hydrogen-bond acceptors (Lipinski definition) is 0. The number of hydrogen-bond donors (Lipinski definition) is 0. The van der Waals surface area contributed by atoms with Gasteiger partial charge in [-0.15, -0.1) is 7.92 Å². The Morgan fingerprint density at radius 2 is 1.45 bits per heavy atom. The second-order valence-electron chi connectivity index (χ2n) is 10.1. The summed E-state index contributed by atoms with van der Waals surface area (Å²) in [5.41, 5.74) is 1.02. The average molecular weight is 345 g/mol. The van der Waals surface area contributed by atoms with Crippen LogP contribution in [0.5, 0.6) is 0 Å². The second-order valence-corrected chi connectivity index (χ2v) is 16.9. The molecule has 0 nitrogen and oxygen atoms in total. The fourth-order valence-corrected chi connectivity index (χ4v) is 14.3. The third-order valence-corrected chi connectivity index (χ3v) is 13.4. The van der Waals surface area contributed by atoms with E-state index in [9.17, 15) is 0 Å². The molecule has 2 heteroatoms. The van der Waals surface area contributed by atoms with E-state index in [1.807, 2.05) is 0 Å². The summed E-state index contributed by atoms with van der Waals surface area (Å²) < 4.78 is 0. The lowest BCUT2D eigenvalue weighted by atomic mass is 9.77. The van der Waals surface area contributed by atoms with Gasteiger partial charge in [-0.1, -0.05) is 76.7 Å². The zero-order valence-electron chi connectivity index (χ0n) is 17.0. The molecule has 22 heavy (non-hydrogen) atoms. The van der Waals surface area contributed by atoms with Gasteiger partial charge in [0, 0.05) is 0 Å². The van der Waals surface area contributed by atoms with Crippen molar-refractivity contribution in [2.75, 3.05) is 12.6 Å². The van der Waals surface area contributed by atoms with Crippen LogP contribution in [0.15, 0.2) is 0 Å². The van der Waals surface area contributed by atoms with Crippen LogP contribution in [0.1, 0.15) is 81.6 Å². The average Bonchev–Trinajstić information content (AvgIpc) is 2.32. The Morgan fingerprint density at radius 1 is 0.955 bits per heavy atom. The van der Waals surface area contributed by atoms with E-state index in [-0.39, 0.29) is 15.8 Å². The highest BCUT2D eigenvalue weighted by Crippen LogP contribution is 2.67. The minimum atomic E-state index is 0.0692. The molecule has 0 bridgehead atoms. The van der Waals surface area contributed by atoms with Gasteiger partial charge in [0.1, 0.15) is 0 Å². The minimum Gasteiger partial charge on any atom is -0.102 e. The molecule has 1 fully saturated rings. The normalized spacial score (nSPS) is 29.2. The summed E-state index contributed by atoms with van der Waals surface area (Å²) in [6, 6.07) is 0. The van der Waals surface area contributed by atoms with Crippen LogP contribution in [0.3, 0.4) is 0 Å². The van der Waals surface area contributed by atoms with Crippen LogP contribution in [0, 0.1) is 17.8 Å². The van der Waals surface area contributed by atoms with Crippen LogP contribution >= 0.6 is 15.8 Å². The highest BCUT2D eigenvalue weighted by molar-refractivity contribution is 7.76. The van der Waals surface area contributed by atoms with Crippen molar-refractivity contribution >= 4 is 15.8 Å². The maximum Gasteiger partial charge on any atom is -0.0111 e. The largest absolute Gasteiger partial charge is 0.102 e. The lowest BCUT2D eigenvalue weighted by Gasteiger charge is -2.47. The third kappa shape index (κ3) is 5.74. The van der Waals surface area contributed by atoms with Gasteiger partial charge in [-0.25, -0.2) is 0 Å². The molecule has 0 N–H and O–H groups in total. The standard InChI is InChI=1S/C20H42P2/c1-15(2)17-12-11-16(3)13-18(17)21(10)14-22(19(4,5)6)20(7,8)9/h15-18H,11-14H2,1-10H3/t16-,17+,18-,21?/m1/s1. The Kier molecular flexibility index (Phi) is 7.44. The molecule has 0 amide bonds. The van der Waals surface area contributed by atoms with Crippen LogP contribution in [0.2, 0.25) is 0 Å². The van der Waals surface area contributed by atoms with Crippen LogP contribution in [-0.2, 0) is 0 Å². The van der Waals surface area contributed by atoms with E-state index in [1.54, 1.807) is 0 Å². The molecule has 0 aromatic heterocycles. The van der Waals surface area contributed by atoms with Crippen molar-refractivity contribution in [3.8, 4) is 0 Å². The van der Waals surface area contributed by atoms with Crippen molar-refractivity contribution < 1.29 is 0 Å². The maximum absolute atomic E-state index is 2.64. The van der Waals surface area contributed by atoms with Gasteiger partial charge in [-0.3, -0.25) is 0 Å². The van der Waals surface area contributed by atoms with Gasteiger partial charge in [-0.05, 0) is 59.1 Å². The summed E-state index contributed by atoms with van der Waals surface area (Å²) in [5, 5.41) is 0.968. The smallest absolute Gasteiger partial charge is 0.0111 e. The van der Waals surface area contributed by atoms with Crippen LogP contribution in [0.25, 0.3) is 0 Å². The predicted molar refractivity (Wildman–Crippen MR) is 109 cm³/mol. The van der Waals surface area contributed by atoms with Crippen molar-refractivity contribution in [2.24, 2.45) is 17.8 Å². The molecule has 0 heterocycles. The van der Waals surface area contributed by atoms with Crippen LogP contribution in [0.4, 0.5) is 0 Å². The van der Waals surface area contributed by atoms with Gasteiger partial charge in [-0.2, -0.15) is 0 Å². The molecule has 0 saturated heterocycles. The molecule has 1 rings (SSSR count). The number of rotatable bonds is 4. The van der Waals surface area contributed by atoms with Gasteiger partial charge >= 0.3 is 0 Å². The van der Waals surface area contributed by atoms with E-state index in [1.165, 1.54) is 25.2 Å². The Balaban J connectivity index is 2.89. The van der Waals surface area contributed by atoms with Crippen LogP contribution < -0.4 is 0 Å². The van der Waals surface area contributed by atoms with Crippen LogP contribution in [-0.4, -0.2) is 28.5 Å². The Labute approximate surface area is 144 Å². The van der Waals surface area contributed by atoms with Crippen molar-refractivity contribution in [3.63, 3.8) is 0 Å². The third-order valence-electron chi connectivity index (χ3n) is 5.54. The summed E-state index contributed by atoms with van der Waals surface area (Å²) >= 11 is 0. The molecule has 1 aliphatic carbocycles. The van der Waals surface area contributed by atoms with Gasteiger partial charge in [0.25, 0.3) is 0 Å². The highest BCUT2D eigenvalue weighted by atomic mass is 31.2. The van der Waals surface area contributed by atoms with E-state index < -0.39 is 0 Å². The molecule has 0 aliphatic heterocycles. The topological polar surface area (TPSA) is 0 Å². The Morgan fingerprint density at radius 3 is 1.86 bits per heavy atom. The summed E-state index contributed by atoms with van der Waals surface area (Å²) in [6.45, 7) is 25.0. The van der Waals surface area contributed by atoms with E-state index in [0.717, 1.165) is 23.4 Å². The van der Waals surface area contributed by atoms with Crippen molar-refractivity contribution in [1.29, 1.82) is 0 Å². The summed E-state index contributed by atoms with van der Waals surface area (Å²) in [4.78, 5) is 0. The van der Waals surface area contributed by atoms with E-state index in [2.05, 4.69) is 69.0 Å². The minimum absolute atomic E-state index is 0.0692. The second kappa shape index (κ2) is 7.83. The molecule has 0 aromatic carbocycles. The molecular weight excluding hydrogens is 302 g/mol. The lowest BCUT2D eigenvalue weighted by molar-refractivity contribution is 0.241. The molecule has 0 aromatic rings. The molecule has 1 saturated carbocycles. The fraction of sp³-hybridized carbons (Fsp3) is 1.00. The molecule has 132 valence electrons. The van der Waals surface area contributed by atoms with Crippen molar-refractivity contribution in [3.05, 3.63) is 0 Å². The zero-order valence-corrected chi connectivity index (χ0v) is 18.8. The van der Waals surface area contributed by atoms with Gasteiger partial charge in [0.2, 0.25) is 0 Å². The summed E-state index contributed by atoms with van der Waals surface area (Å²) in [7, 11) is 0.233. The molecule has 0 radical (unpaired) electrons. The Bertz CT molecular complexity index is 321. The summed E-state index contributed by atoms with van der Waals surface area (Å²) in [6.07, 6.45) is 4.46. The molecule has 1 unspecified atom stereocenters. The first-order chi connectivity index (χ1) is 9.84. The fourth-order valence-electron chi connectivity index (χ4n) is 4.42. The summed E-state index contributed by atoms with van der Waals surface area (Å²) in [5.74, 6) is 4.35. The predicted octanol–water partition coefficient (Wildman–Crippen LogP) is 7.60. The van der Waals surface area contributed by atoms with E-state index in [4.69, 9.17) is 0 Å². The molecule has 4 atom stereocenters. The van der Waals surface area contributed by atoms with E-state index in [0.29, 0.717) is 10.3 Å². The zero-order chi connectivity index (χ0) is 17.3. The van der Waals surface area contributed by atoms with E-state index >= 15 is 0 Å². The highest BCUT2D eigenvalue weighted by Gasteiger charge is 2.39. The van der Waals surface area contributed by atoms with Crippen molar-refractivity contribution in [2.45, 2.75) is 97.5 Å².